The van der Waals surface area contributed by atoms with Crippen molar-refractivity contribution in [3.63, 3.8) is 0 Å². The molecule has 0 radical (unpaired) electrons. The summed E-state index contributed by atoms with van der Waals surface area (Å²) in [5, 5.41) is 0. The second-order valence-electron chi connectivity index (χ2n) is 6.91. The van der Waals surface area contributed by atoms with Crippen molar-refractivity contribution in [1.82, 2.24) is 0 Å². The topological polar surface area (TPSA) is 47.9 Å². The molecular formula is C27H27NO3. The molecule has 0 saturated carbocycles. The molecule has 3 aromatic rings. The molecule has 0 aliphatic heterocycles. The number of para-hydroxylation sites is 1. The monoisotopic (exact) mass is 413 g/mol. The summed E-state index contributed by atoms with van der Waals surface area (Å²) < 4.78 is 11.0. The minimum atomic E-state index is -0.816. The van der Waals surface area contributed by atoms with Crippen LogP contribution in [0, 0.1) is 0 Å². The first kappa shape index (κ1) is 22.0. The molecule has 0 unspecified atom stereocenters. The van der Waals surface area contributed by atoms with Crippen LogP contribution in [-0.4, -0.2) is 31.4 Å². The van der Waals surface area contributed by atoms with Gasteiger partial charge in [-0.15, -0.1) is 6.58 Å². The van der Waals surface area contributed by atoms with Gasteiger partial charge in [0.05, 0.1) is 19.4 Å². The summed E-state index contributed by atoms with van der Waals surface area (Å²) in [5.74, 6) is -0.141. The predicted molar refractivity (Wildman–Crippen MR) is 125 cm³/mol. The number of benzene rings is 3. The summed E-state index contributed by atoms with van der Waals surface area (Å²) in [5.41, 5.74) is 3.40. The molecular weight excluding hydrogens is 386 g/mol. The molecule has 3 rings (SSSR count). The highest BCUT2D eigenvalue weighted by atomic mass is 16.5. The van der Waals surface area contributed by atoms with E-state index in [2.05, 4.69) is 6.58 Å². The van der Waals surface area contributed by atoms with E-state index in [9.17, 15) is 4.79 Å². The lowest BCUT2D eigenvalue weighted by atomic mass is 9.90. The van der Waals surface area contributed by atoms with Gasteiger partial charge in [-0.2, -0.15) is 0 Å². The second kappa shape index (κ2) is 10.9. The van der Waals surface area contributed by atoms with E-state index in [4.69, 9.17) is 14.5 Å². The Morgan fingerprint density at radius 3 is 2.00 bits per heavy atom. The maximum atomic E-state index is 13.1. The first-order valence-corrected chi connectivity index (χ1v) is 10.3. The lowest BCUT2D eigenvalue weighted by Crippen LogP contribution is -2.29. The number of hydrogen-bond acceptors (Lipinski definition) is 4. The minimum Gasteiger partial charge on any atom is -0.496 e. The normalized spacial score (nSPS) is 12.3. The number of methoxy groups -OCH3 is 1. The van der Waals surface area contributed by atoms with Crippen LogP contribution in [0.15, 0.2) is 103 Å². The highest BCUT2D eigenvalue weighted by Gasteiger charge is 2.31. The van der Waals surface area contributed by atoms with Gasteiger partial charge in [-0.25, -0.2) is 4.79 Å². The van der Waals surface area contributed by atoms with Crippen LogP contribution in [0.2, 0.25) is 0 Å². The summed E-state index contributed by atoms with van der Waals surface area (Å²) in [6.07, 6.45) is 1.73. The molecule has 0 saturated heterocycles. The van der Waals surface area contributed by atoms with E-state index in [0.29, 0.717) is 5.75 Å². The number of aliphatic imine (C=N–C) groups is 1. The van der Waals surface area contributed by atoms with Crippen molar-refractivity contribution < 1.29 is 14.3 Å². The average Bonchev–Trinajstić information content (AvgIpc) is 2.83. The number of rotatable bonds is 9. The first-order valence-electron chi connectivity index (χ1n) is 10.3. The predicted octanol–water partition coefficient (Wildman–Crippen LogP) is 5.43. The largest absolute Gasteiger partial charge is 0.496 e. The molecule has 3 aromatic carbocycles. The zero-order chi connectivity index (χ0) is 22.1. The van der Waals surface area contributed by atoms with Crippen molar-refractivity contribution in [3.8, 4) is 5.75 Å². The minimum absolute atomic E-state index is 0.270. The SMILES string of the molecule is C=C[C@H](c1ccccc1OC)[C@@H](N=C(c1ccccc1)c1ccccc1)C(=O)OCC. The molecule has 0 spiro atoms. The standard InChI is InChI=1S/C27H27NO3/c1-4-22(23-18-12-13-19-24(23)30-3)26(27(29)31-5-2)28-25(20-14-8-6-9-15-20)21-16-10-7-11-17-21/h4,6-19,22,26H,1,5H2,2-3H3/t22-,26-/m1/s1. The number of hydrogen-bond donors (Lipinski definition) is 0. The Bertz CT molecular complexity index is 987. The molecule has 4 heteroatoms. The van der Waals surface area contributed by atoms with Crippen molar-refractivity contribution in [3.05, 3.63) is 114 Å². The Labute approximate surface area is 183 Å². The van der Waals surface area contributed by atoms with Gasteiger partial charge in [0.2, 0.25) is 0 Å². The fourth-order valence-corrected chi connectivity index (χ4v) is 3.52. The van der Waals surface area contributed by atoms with E-state index in [1.807, 2.05) is 84.9 Å². The van der Waals surface area contributed by atoms with Crippen LogP contribution in [0.3, 0.4) is 0 Å². The fourth-order valence-electron chi connectivity index (χ4n) is 3.52. The third-order valence-corrected chi connectivity index (χ3v) is 4.98. The van der Waals surface area contributed by atoms with Gasteiger partial charge in [-0.05, 0) is 13.0 Å². The molecule has 0 heterocycles. The maximum absolute atomic E-state index is 13.1. The van der Waals surface area contributed by atoms with Gasteiger partial charge in [0.1, 0.15) is 5.75 Å². The quantitative estimate of drug-likeness (QED) is 0.267. The maximum Gasteiger partial charge on any atom is 0.331 e. The molecule has 158 valence electrons. The number of nitrogens with zero attached hydrogens (tertiary/aromatic N) is 1. The fraction of sp³-hybridized carbons (Fsp3) is 0.185. The second-order valence-corrected chi connectivity index (χ2v) is 6.91. The van der Waals surface area contributed by atoms with Crippen LogP contribution in [0.4, 0.5) is 0 Å². The lowest BCUT2D eigenvalue weighted by Gasteiger charge is -2.23. The summed E-state index contributed by atoms with van der Waals surface area (Å²) in [6, 6.07) is 26.5. The van der Waals surface area contributed by atoms with E-state index >= 15 is 0 Å². The molecule has 2 atom stereocenters. The molecule has 31 heavy (non-hydrogen) atoms. The number of carbonyl (C=O) groups excluding carboxylic acids is 1. The first-order chi connectivity index (χ1) is 15.2. The third-order valence-electron chi connectivity index (χ3n) is 4.98. The summed E-state index contributed by atoms with van der Waals surface area (Å²) in [4.78, 5) is 18.1. The van der Waals surface area contributed by atoms with Crippen LogP contribution < -0.4 is 4.74 Å². The third kappa shape index (κ3) is 5.28. The van der Waals surface area contributed by atoms with Crippen molar-refractivity contribution in [2.24, 2.45) is 4.99 Å². The highest BCUT2D eigenvalue weighted by Crippen LogP contribution is 2.32. The Hall–Kier alpha value is -3.66. The highest BCUT2D eigenvalue weighted by molar-refractivity contribution is 6.13. The number of ether oxygens (including phenoxy) is 2. The van der Waals surface area contributed by atoms with Gasteiger partial charge in [0, 0.05) is 22.6 Å². The van der Waals surface area contributed by atoms with Crippen LogP contribution in [0.5, 0.6) is 5.75 Å². The van der Waals surface area contributed by atoms with E-state index in [0.717, 1.165) is 22.4 Å². The van der Waals surface area contributed by atoms with Gasteiger partial charge in [-0.3, -0.25) is 4.99 Å². The Balaban J connectivity index is 2.19. The molecule has 0 aromatic heterocycles. The van der Waals surface area contributed by atoms with Gasteiger partial charge < -0.3 is 9.47 Å². The molecule has 0 N–H and O–H groups in total. The van der Waals surface area contributed by atoms with Gasteiger partial charge >= 0.3 is 5.97 Å². The molecule has 0 fully saturated rings. The number of carbonyl (C=O) groups is 1. The van der Waals surface area contributed by atoms with E-state index in [1.165, 1.54) is 0 Å². The Morgan fingerprint density at radius 1 is 0.935 bits per heavy atom. The van der Waals surface area contributed by atoms with Crippen molar-refractivity contribution in [2.45, 2.75) is 18.9 Å². The smallest absolute Gasteiger partial charge is 0.331 e. The molecule has 0 aliphatic rings. The van der Waals surface area contributed by atoms with Gasteiger partial charge in [0.15, 0.2) is 6.04 Å². The average molecular weight is 414 g/mol. The van der Waals surface area contributed by atoms with Crippen molar-refractivity contribution in [2.75, 3.05) is 13.7 Å². The van der Waals surface area contributed by atoms with Gasteiger partial charge in [0.25, 0.3) is 0 Å². The summed E-state index contributed by atoms with van der Waals surface area (Å²) in [6.45, 7) is 6.06. The number of esters is 1. The summed E-state index contributed by atoms with van der Waals surface area (Å²) >= 11 is 0. The Morgan fingerprint density at radius 2 is 1.48 bits per heavy atom. The van der Waals surface area contributed by atoms with Crippen LogP contribution in [-0.2, 0) is 9.53 Å². The zero-order valence-electron chi connectivity index (χ0n) is 17.9. The molecule has 4 nitrogen and oxygen atoms in total. The van der Waals surface area contributed by atoms with Crippen LogP contribution in [0.25, 0.3) is 0 Å². The van der Waals surface area contributed by atoms with E-state index in [-0.39, 0.29) is 6.61 Å². The van der Waals surface area contributed by atoms with Crippen molar-refractivity contribution in [1.29, 1.82) is 0 Å². The van der Waals surface area contributed by atoms with Crippen molar-refractivity contribution >= 4 is 11.7 Å². The molecule has 0 aliphatic carbocycles. The van der Waals surface area contributed by atoms with E-state index in [1.54, 1.807) is 20.1 Å². The summed E-state index contributed by atoms with van der Waals surface area (Å²) in [7, 11) is 1.61. The lowest BCUT2D eigenvalue weighted by molar-refractivity contribution is -0.144. The molecule has 0 bridgehead atoms. The zero-order valence-corrected chi connectivity index (χ0v) is 17.9. The van der Waals surface area contributed by atoms with Crippen LogP contribution in [0.1, 0.15) is 29.5 Å². The van der Waals surface area contributed by atoms with Gasteiger partial charge in [-0.1, -0.05) is 84.9 Å². The Kier molecular flexibility index (Phi) is 7.77. The molecule has 0 amide bonds. The van der Waals surface area contributed by atoms with Crippen LogP contribution >= 0.6 is 0 Å². The van der Waals surface area contributed by atoms with E-state index < -0.39 is 17.9 Å².